The van der Waals surface area contributed by atoms with Crippen LogP contribution in [0.5, 0.6) is 0 Å². The van der Waals surface area contributed by atoms with E-state index in [0.29, 0.717) is 0 Å². The zero-order valence-electron chi connectivity index (χ0n) is 39.7. The van der Waals surface area contributed by atoms with Crippen molar-refractivity contribution in [1.29, 1.82) is 0 Å². The van der Waals surface area contributed by atoms with E-state index in [4.69, 9.17) is 9.97 Å². The molecule has 0 spiro atoms. The molecule has 0 saturated carbocycles. The van der Waals surface area contributed by atoms with E-state index in [9.17, 15) is 0 Å². The summed E-state index contributed by atoms with van der Waals surface area (Å²) in [6.07, 6.45) is 0. The summed E-state index contributed by atoms with van der Waals surface area (Å²) in [5.41, 5.74) is 20.1. The molecule has 6 heteroatoms. The molecular weight excluding hydrogens is 913 g/mol. The molecule has 14 rings (SSSR count). The van der Waals surface area contributed by atoms with Gasteiger partial charge in [0.15, 0.2) is 0 Å². The Hall–Kier alpha value is -8.42. The lowest BCUT2D eigenvalue weighted by molar-refractivity contribution is 0.632. The minimum Gasteiger partial charge on any atom is -0.310 e. The number of anilines is 6. The number of para-hydroxylation sites is 4. The summed E-state index contributed by atoms with van der Waals surface area (Å²) in [5, 5.41) is 2.06. The average Bonchev–Trinajstić information content (AvgIpc) is 4.15. The van der Waals surface area contributed by atoms with Gasteiger partial charge in [0.05, 0.1) is 37.2 Å². The Morgan fingerprint density at radius 3 is 1.54 bits per heavy atom. The molecule has 1 aliphatic heterocycles. The highest BCUT2D eigenvalue weighted by Gasteiger charge is 2.47. The molecule has 4 nitrogen and oxygen atoms in total. The number of aromatic nitrogens is 2. The van der Waals surface area contributed by atoms with E-state index in [-0.39, 0.29) is 5.41 Å². The maximum Gasteiger partial charge on any atom is 0.124 e. The number of fused-ring (bicyclic) bond motifs is 7. The molecular formula is C66H46N4S2. The van der Waals surface area contributed by atoms with Crippen molar-refractivity contribution in [2.45, 2.75) is 24.7 Å². The normalized spacial score (nSPS) is 13.9. The monoisotopic (exact) mass is 958 g/mol. The Balaban J connectivity index is 0.955. The Bertz CT molecular complexity index is 3920. The summed E-state index contributed by atoms with van der Waals surface area (Å²) >= 11 is 3.49. The van der Waals surface area contributed by atoms with Gasteiger partial charge in [-0.1, -0.05) is 147 Å². The predicted molar refractivity (Wildman–Crippen MR) is 302 cm³/mol. The Morgan fingerprint density at radius 2 is 0.889 bits per heavy atom. The largest absolute Gasteiger partial charge is 0.310 e. The molecule has 0 atom stereocenters. The van der Waals surface area contributed by atoms with Crippen LogP contribution in [0.15, 0.2) is 243 Å². The van der Waals surface area contributed by atoms with Gasteiger partial charge >= 0.3 is 0 Å². The van der Waals surface area contributed by atoms with Crippen LogP contribution >= 0.6 is 22.7 Å². The quantitative estimate of drug-likeness (QED) is 0.152. The van der Waals surface area contributed by atoms with E-state index < -0.39 is 5.41 Å². The van der Waals surface area contributed by atoms with Crippen LogP contribution in [-0.4, -0.2) is 9.97 Å². The summed E-state index contributed by atoms with van der Waals surface area (Å²) in [7, 11) is 0. The molecule has 12 aromatic rings. The van der Waals surface area contributed by atoms with Crippen LogP contribution < -0.4 is 9.80 Å². The molecule has 0 amide bonds. The second-order valence-electron chi connectivity index (χ2n) is 19.3. The summed E-state index contributed by atoms with van der Waals surface area (Å²) in [6.45, 7) is 4.74. The van der Waals surface area contributed by atoms with Crippen LogP contribution in [0.25, 0.3) is 52.7 Å². The second kappa shape index (κ2) is 16.6. The lowest BCUT2D eigenvalue weighted by Gasteiger charge is -2.42. The van der Waals surface area contributed by atoms with Gasteiger partial charge in [0, 0.05) is 39.3 Å². The van der Waals surface area contributed by atoms with Crippen molar-refractivity contribution in [2.75, 3.05) is 9.80 Å². The Labute approximate surface area is 427 Å². The smallest absolute Gasteiger partial charge is 0.124 e. The third-order valence-corrected chi connectivity index (χ3v) is 17.2. The standard InChI is InChI=1S/C66H46N4S2/c1-65(2)53-24-12-15-27-59(53)70(60-39-32-44(40-56(60)65)64-68-58-26-14-17-29-62(58)72-64)50-36-38-52-51-37-35-49(41-54(51)66(55(52)42-50,45-18-6-3-7-19-45)46-20-8-4-9-21-46)69(47-22-10-5-11-23-47)48-33-30-43(31-34-48)63-67-57-25-13-16-28-61(57)71-63/h3-42H,1-2H3. The van der Waals surface area contributed by atoms with Crippen LogP contribution in [0.2, 0.25) is 0 Å². The Morgan fingerprint density at radius 1 is 0.389 bits per heavy atom. The van der Waals surface area contributed by atoms with Crippen molar-refractivity contribution in [3.05, 3.63) is 276 Å². The molecule has 0 saturated heterocycles. The molecule has 0 N–H and O–H groups in total. The van der Waals surface area contributed by atoms with E-state index >= 15 is 0 Å². The Kier molecular flexibility index (Phi) is 9.79. The molecule has 1 aliphatic carbocycles. The molecule has 2 aliphatic rings. The van der Waals surface area contributed by atoms with E-state index in [0.717, 1.165) is 54.9 Å². The molecule has 3 heterocycles. The van der Waals surface area contributed by atoms with Gasteiger partial charge in [0.25, 0.3) is 0 Å². The van der Waals surface area contributed by atoms with E-state index in [1.165, 1.54) is 65.3 Å². The van der Waals surface area contributed by atoms with Gasteiger partial charge in [0.2, 0.25) is 0 Å². The topological polar surface area (TPSA) is 32.3 Å². The van der Waals surface area contributed by atoms with Gasteiger partial charge in [-0.3, -0.25) is 0 Å². The molecule has 0 unspecified atom stereocenters. The first kappa shape index (κ1) is 42.5. The lowest BCUT2D eigenvalue weighted by Crippen LogP contribution is -2.31. The first-order valence-corrected chi connectivity index (χ1v) is 26.2. The second-order valence-corrected chi connectivity index (χ2v) is 21.4. The maximum absolute atomic E-state index is 5.11. The van der Waals surface area contributed by atoms with Gasteiger partial charge in [0.1, 0.15) is 10.0 Å². The van der Waals surface area contributed by atoms with E-state index in [1.54, 1.807) is 22.7 Å². The summed E-state index contributed by atoms with van der Waals surface area (Å²) in [6, 6.07) is 89.1. The van der Waals surface area contributed by atoms with Crippen LogP contribution in [-0.2, 0) is 10.8 Å². The fourth-order valence-corrected chi connectivity index (χ4v) is 13.6. The SMILES string of the molecule is CC1(C)c2ccccc2N(c2ccc3c(c2)C(c2ccccc2)(c2ccccc2)c2cc(N(c4ccccc4)c4ccc(-c5nc6ccccc6s5)cc4)ccc2-3)c2ccc(-c3nc4ccccc4s3)cc21. The minimum absolute atomic E-state index is 0.267. The third kappa shape index (κ3) is 6.56. The van der Waals surface area contributed by atoms with Gasteiger partial charge in [-0.05, 0) is 154 Å². The zero-order valence-corrected chi connectivity index (χ0v) is 41.3. The van der Waals surface area contributed by atoms with Crippen molar-refractivity contribution in [2.24, 2.45) is 0 Å². The fourth-order valence-electron chi connectivity index (χ4n) is 11.6. The first-order valence-electron chi connectivity index (χ1n) is 24.6. The molecule has 342 valence electrons. The highest BCUT2D eigenvalue weighted by molar-refractivity contribution is 7.22. The number of hydrogen-bond acceptors (Lipinski definition) is 6. The summed E-state index contributed by atoms with van der Waals surface area (Å²) in [4.78, 5) is 15.0. The summed E-state index contributed by atoms with van der Waals surface area (Å²) in [5.74, 6) is 0. The van der Waals surface area contributed by atoms with Gasteiger partial charge in [-0.2, -0.15) is 0 Å². The molecule has 0 radical (unpaired) electrons. The molecule has 10 aromatic carbocycles. The number of hydrogen-bond donors (Lipinski definition) is 0. The van der Waals surface area contributed by atoms with Gasteiger partial charge in [-0.15, -0.1) is 22.7 Å². The molecule has 0 bridgehead atoms. The number of nitrogens with zero attached hydrogens (tertiary/aromatic N) is 4. The van der Waals surface area contributed by atoms with Crippen LogP contribution in [0.1, 0.15) is 47.2 Å². The molecule has 72 heavy (non-hydrogen) atoms. The van der Waals surface area contributed by atoms with Crippen molar-refractivity contribution in [3.8, 4) is 32.3 Å². The lowest BCUT2D eigenvalue weighted by atomic mass is 9.67. The van der Waals surface area contributed by atoms with Crippen LogP contribution in [0.4, 0.5) is 34.1 Å². The first-order chi connectivity index (χ1) is 35.4. The van der Waals surface area contributed by atoms with Crippen LogP contribution in [0.3, 0.4) is 0 Å². The number of rotatable bonds is 8. The highest BCUT2D eigenvalue weighted by Crippen LogP contribution is 2.60. The highest BCUT2D eigenvalue weighted by atomic mass is 32.1. The average molecular weight is 959 g/mol. The fraction of sp³-hybridized carbons (Fsp3) is 0.0606. The van der Waals surface area contributed by atoms with Crippen molar-refractivity contribution in [1.82, 2.24) is 9.97 Å². The van der Waals surface area contributed by atoms with Crippen molar-refractivity contribution in [3.63, 3.8) is 0 Å². The molecule has 2 aromatic heterocycles. The van der Waals surface area contributed by atoms with Gasteiger partial charge < -0.3 is 9.80 Å². The van der Waals surface area contributed by atoms with Crippen molar-refractivity contribution >= 4 is 77.2 Å². The van der Waals surface area contributed by atoms with E-state index in [1.807, 2.05) is 0 Å². The third-order valence-electron chi connectivity index (χ3n) is 15.0. The van der Waals surface area contributed by atoms with E-state index in [2.05, 4.69) is 266 Å². The van der Waals surface area contributed by atoms with Crippen molar-refractivity contribution < 1.29 is 0 Å². The maximum atomic E-state index is 5.11. The number of thiazole rings is 2. The minimum atomic E-state index is -0.660. The van der Waals surface area contributed by atoms with Gasteiger partial charge in [-0.25, -0.2) is 9.97 Å². The van der Waals surface area contributed by atoms with Crippen LogP contribution in [0, 0.1) is 0 Å². The molecule has 0 fully saturated rings. The number of benzene rings is 10. The predicted octanol–water partition coefficient (Wildman–Crippen LogP) is 18.2. The summed E-state index contributed by atoms with van der Waals surface area (Å²) < 4.78 is 2.39. The zero-order chi connectivity index (χ0) is 48.0.